The molecule has 0 fully saturated rings. The number of ether oxygens (including phenoxy) is 4. The number of carbonyl (C=O) groups is 3. The molecule has 6 rings (SSSR count). The van der Waals surface area contributed by atoms with E-state index in [0.29, 0.717) is 17.9 Å². The van der Waals surface area contributed by atoms with Crippen LogP contribution < -0.4 is 0 Å². The van der Waals surface area contributed by atoms with Gasteiger partial charge < -0.3 is 18.9 Å². The fourth-order valence-corrected chi connectivity index (χ4v) is 5.74. The predicted molar refractivity (Wildman–Crippen MR) is 163 cm³/mol. The van der Waals surface area contributed by atoms with Crippen LogP contribution in [-0.4, -0.2) is 79.1 Å². The molecule has 1 amide bonds. The van der Waals surface area contributed by atoms with E-state index in [4.69, 9.17) is 23.8 Å². The molecule has 0 spiro atoms. The molecule has 4 aliphatic heterocycles. The van der Waals surface area contributed by atoms with Crippen LogP contribution in [0.15, 0.2) is 81.2 Å². The lowest BCUT2D eigenvalue weighted by molar-refractivity contribution is -0.385. The van der Waals surface area contributed by atoms with E-state index in [1.165, 1.54) is 25.3 Å². The lowest BCUT2D eigenvalue weighted by Crippen LogP contribution is -2.51. The number of rotatable bonds is 13. The highest BCUT2D eigenvalue weighted by atomic mass is 16.8. The summed E-state index contributed by atoms with van der Waals surface area (Å²) in [6.07, 6.45) is 9.12. The average Bonchev–Trinajstić information content (AvgIpc) is 3.04. The van der Waals surface area contributed by atoms with E-state index in [0.717, 1.165) is 24.2 Å². The van der Waals surface area contributed by atoms with Crippen molar-refractivity contribution in [1.29, 1.82) is 0 Å². The van der Waals surface area contributed by atoms with Crippen molar-refractivity contribution >= 4 is 35.0 Å². The Morgan fingerprint density at radius 1 is 1.20 bits per heavy atom. The van der Waals surface area contributed by atoms with Crippen LogP contribution in [0, 0.1) is 16.0 Å². The number of hydrogen-bond acceptors (Lipinski definition) is 12. The summed E-state index contributed by atoms with van der Waals surface area (Å²) >= 11 is 0. The molecule has 14 heteroatoms. The molecule has 46 heavy (non-hydrogen) atoms. The number of benzene rings is 1. The van der Waals surface area contributed by atoms with Gasteiger partial charge in [0.25, 0.3) is 5.69 Å². The van der Waals surface area contributed by atoms with E-state index in [2.05, 4.69) is 9.98 Å². The maximum Gasteiger partial charge on any atom is 0.359 e. The van der Waals surface area contributed by atoms with E-state index >= 15 is 0 Å². The van der Waals surface area contributed by atoms with Crippen molar-refractivity contribution in [2.45, 2.75) is 44.9 Å². The molecule has 242 valence electrons. The van der Waals surface area contributed by atoms with Gasteiger partial charge in [0, 0.05) is 35.3 Å². The number of nitro groups is 1. The topological polar surface area (TPSA) is 168 Å². The van der Waals surface area contributed by atoms with Crippen molar-refractivity contribution in [2.75, 3.05) is 34.0 Å². The highest BCUT2D eigenvalue weighted by Gasteiger charge is 2.50. The van der Waals surface area contributed by atoms with E-state index < -0.39 is 34.6 Å². The summed E-state index contributed by atoms with van der Waals surface area (Å²) in [6.45, 7) is 3.14. The van der Waals surface area contributed by atoms with Crippen molar-refractivity contribution in [1.82, 2.24) is 5.06 Å². The molecule has 3 atom stereocenters. The highest BCUT2D eigenvalue weighted by molar-refractivity contribution is 6.13. The predicted octanol–water partition coefficient (Wildman–Crippen LogP) is 3.85. The van der Waals surface area contributed by atoms with Crippen LogP contribution in [0.4, 0.5) is 5.69 Å². The number of para-hydroxylation sites is 1. The zero-order valence-corrected chi connectivity index (χ0v) is 25.9. The van der Waals surface area contributed by atoms with Gasteiger partial charge in [-0.1, -0.05) is 37.3 Å². The minimum Gasteiger partial charge on any atom is -0.468 e. The third kappa shape index (κ3) is 6.26. The first-order valence-electron chi connectivity index (χ1n) is 14.8. The minimum atomic E-state index is -1.46. The summed E-state index contributed by atoms with van der Waals surface area (Å²) in [4.78, 5) is 65.6. The maximum absolute atomic E-state index is 13.2. The molecule has 0 N–H and O–H groups in total. The van der Waals surface area contributed by atoms with Crippen molar-refractivity contribution < 1.29 is 43.1 Å². The first kappa shape index (κ1) is 32.4. The summed E-state index contributed by atoms with van der Waals surface area (Å²) in [5.41, 5.74) is 1.74. The van der Waals surface area contributed by atoms with Gasteiger partial charge >= 0.3 is 17.8 Å². The summed E-state index contributed by atoms with van der Waals surface area (Å²) in [5, 5.41) is 13.1. The number of amides is 1. The Balaban J connectivity index is 1.38. The SMILES string of the molecule is CCCC(=O)N(CCOCC1=C(C(=O)OC)C(c2ccccc2[N+](=O)[O-])C(C(=O)OC)C(C)=N1)OC12C=C(O1)C1=CCC=CC1=N2. The molecular weight excluding hydrogens is 600 g/mol. The molecule has 4 heterocycles. The number of methoxy groups -OCH3 is 2. The van der Waals surface area contributed by atoms with Crippen molar-refractivity contribution in [2.24, 2.45) is 15.9 Å². The first-order chi connectivity index (χ1) is 22.1. The van der Waals surface area contributed by atoms with Crippen LogP contribution in [0.5, 0.6) is 0 Å². The van der Waals surface area contributed by atoms with Crippen LogP contribution in [0.25, 0.3) is 0 Å². The lowest BCUT2D eigenvalue weighted by atomic mass is 9.75. The smallest absolute Gasteiger partial charge is 0.359 e. The Labute approximate surface area is 264 Å². The van der Waals surface area contributed by atoms with Gasteiger partial charge in [-0.15, -0.1) is 0 Å². The zero-order valence-electron chi connectivity index (χ0n) is 25.9. The summed E-state index contributed by atoms with van der Waals surface area (Å²) in [6, 6.07) is 5.84. The molecule has 1 aliphatic carbocycles. The number of carbonyl (C=O) groups excluding carboxylic acids is 3. The van der Waals surface area contributed by atoms with Gasteiger partial charge in [-0.2, -0.15) is 4.84 Å². The second kappa shape index (κ2) is 13.6. The number of esters is 2. The number of nitrogens with zero attached hydrogens (tertiary/aromatic N) is 4. The normalized spacial score (nSPS) is 22.6. The second-order valence-electron chi connectivity index (χ2n) is 10.8. The quantitative estimate of drug-likeness (QED) is 0.134. The standard InChI is InChI=1S/C32H34N4O10/c1-5-10-26(37)35(46-32-17-25(45-32)20-11-6-8-13-22(20)34-32)15-16-44-18-23-29(31(39)43-4)28(27(19(2)33-23)30(38)42-3)21-12-7-9-14-24(21)36(40)41/h7-9,11-14,17,27-28H,5-6,10,15-16,18H2,1-4H3. The van der Waals surface area contributed by atoms with Crippen molar-refractivity contribution in [3.63, 3.8) is 0 Å². The van der Waals surface area contributed by atoms with Gasteiger partial charge in [0.2, 0.25) is 5.91 Å². The number of nitro benzene ring substituents is 1. The summed E-state index contributed by atoms with van der Waals surface area (Å²) in [7, 11) is 2.35. The number of dihydropyridines is 1. The summed E-state index contributed by atoms with van der Waals surface area (Å²) in [5.74, 6) is -4.95. The molecule has 2 bridgehead atoms. The molecular formula is C32H34N4O10. The molecule has 14 nitrogen and oxygen atoms in total. The maximum atomic E-state index is 13.2. The van der Waals surface area contributed by atoms with E-state index in [-0.39, 0.29) is 60.3 Å². The Hall–Kier alpha value is -4.95. The largest absolute Gasteiger partial charge is 0.468 e. The van der Waals surface area contributed by atoms with E-state index in [1.807, 2.05) is 25.2 Å². The van der Waals surface area contributed by atoms with Crippen LogP contribution >= 0.6 is 0 Å². The fraction of sp³-hybridized carbons (Fsp3) is 0.406. The molecule has 1 aromatic rings. The van der Waals surface area contributed by atoms with Gasteiger partial charge in [0.1, 0.15) is 11.7 Å². The Morgan fingerprint density at radius 3 is 2.65 bits per heavy atom. The summed E-state index contributed by atoms with van der Waals surface area (Å²) < 4.78 is 21.8. The molecule has 3 unspecified atom stereocenters. The number of hydroxylamine groups is 2. The molecule has 0 saturated heterocycles. The van der Waals surface area contributed by atoms with Crippen LogP contribution in [0.3, 0.4) is 0 Å². The third-order valence-corrected chi connectivity index (χ3v) is 7.83. The van der Waals surface area contributed by atoms with E-state index in [1.54, 1.807) is 19.1 Å². The first-order valence-corrected chi connectivity index (χ1v) is 14.8. The number of aliphatic imine (C=N–C) groups is 2. The fourth-order valence-electron chi connectivity index (χ4n) is 5.74. The lowest BCUT2D eigenvalue weighted by Gasteiger charge is -2.43. The molecule has 5 aliphatic rings. The van der Waals surface area contributed by atoms with E-state index in [9.17, 15) is 24.5 Å². The Morgan fingerprint density at radius 2 is 1.96 bits per heavy atom. The van der Waals surface area contributed by atoms with Gasteiger partial charge in [0.15, 0.2) is 0 Å². The van der Waals surface area contributed by atoms with Gasteiger partial charge in [-0.05, 0) is 25.8 Å². The van der Waals surface area contributed by atoms with Crippen molar-refractivity contribution in [3.8, 4) is 0 Å². The van der Waals surface area contributed by atoms with Gasteiger partial charge in [0.05, 0.1) is 62.0 Å². The molecule has 1 aromatic carbocycles. The Bertz CT molecular complexity index is 1640. The number of hydrogen-bond donors (Lipinski definition) is 0. The molecule has 0 radical (unpaired) electrons. The van der Waals surface area contributed by atoms with Crippen LogP contribution in [0.2, 0.25) is 0 Å². The minimum absolute atomic E-state index is 0.0155. The zero-order chi connectivity index (χ0) is 33.0. The molecule has 0 aromatic heterocycles. The van der Waals surface area contributed by atoms with Crippen molar-refractivity contribution in [3.05, 3.63) is 86.8 Å². The monoisotopic (exact) mass is 634 g/mol. The second-order valence-corrected chi connectivity index (χ2v) is 10.8. The molecule has 0 saturated carbocycles. The third-order valence-electron chi connectivity index (χ3n) is 7.83. The average molecular weight is 635 g/mol. The van der Waals surface area contributed by atoms with Gasteiger partial charge in [-0.25, -0.2) is 14.9 Å². The van der Waals surface area contributed by atoms with Gasteiger partial charge in [-0.3, -0.25) is 24.7 Å². The number of allylic oxidation sites excluding steroid dienone is 4. The van der Waals surface area contributed by atoms with Crippen LogP contribution in [0.1, 0.15) is 44.6 Å². The van der Waals surface area contributed by atoms with Crippen LogP contribution in [-0.2, 0) is 38.2 Å². The highest BCUT2D eigenvalue weighted by Crippen LogP contribution is 2.44. The Kier molecular flexibility index (Phi) is 9.58.